The van der Waals surface area contributed by atoms with Gasteiger partial charge in [0.2, 0.25) is 5.28 Å². The summed E-state index contributed by atoms with van der Waals surface area (Å²) >= 11 is 11.9. The van der Waals surface area contributed by atoms with Crippen LogP contribution in [0.15, 0.2) is 35.4 Å². The van der Waals surface area contributed by atoms with Crippen LogP contribution in [0, 0.1) is 0 Å². The first kappa shape index (κ1) is 17.0. The van der Waals surface area contributed by atoms with Gasteiger partial charge in [-0.2, -0.15) is 4.98 Å². The summed E-state index contributed by atoms with van der Waals surface area (Å²) in [4.78, 5) is 9.67. The van der Waals surface area contributed by atoms with E-state index in [0.29, 0.717) is 11.5 Å². The molecule has 1 heterocycles. The number of anilines is 2. The van der Waals surface area contributed by atoms with Crippen LogP contribution >= 0.6 is 23.2 Å². The van der Waals surface area contributed by atoms with Gasteiger partial charge in [-0.1, -0.05) is 23.7 Å². The molecule has 1 aromatic heterocycles. The standard InChI is InChI=1S/C14H15Cl2N3O2S/c1-9(2)22(20,21)12-7-5-4-6-11(12)19(3)13-10(15)8-17-14(16)18-13/h4-9H,1-3H3. The maximum Gasteiger partial charge on any atom is 0.224 e. The Morgan fingerprint density at radius 3 is 2.45 bits per heavy atom. The van der Waals surface area contributed by atoms with Crippen LogP contribution in [0.1, 0.15) is 13.8 Å². The number of hydrogen-bond donors (Lipinski definition) is 0. The van der Waals surface area contributed by atoms with Crippen molar-refractivity contribution in [2.24, 2.45) is 0 Å². The van der Waals surface area contributed by atoms with Gasteiger partial charge in [-0.3, -0.25) is 0 Å². The number of benzene rings is 1. The van der Waals surface area contributed by atoms with Crippen molar-refractivity contribution in [2.45, 2.75) is 24.0 Å². The highest BCUT2D eigenvalue weighted by atomic mass is 35.5. The number of para-hydroxylation sites is 1. The van der Waals surface area contributed by atoms with Gasteiger partial charge in [-0.15, -0.1) is 0 Å². The van der Waals surface area contributed by atoms with E-state index in [1.807, 2.05) is 0 Å². The maximum absolute atomic E-state index is 12.5. The Hall–Kier alpha value is -1.37. The van der Waals surface area contributed by atoms with Gasteiger partial charge in [0.1, 0.15) is 5.02 Å². The zero-order chi connectivity index (χ0) is 16.5. The molecular formula is C14H15Cl2N3O2S. The highest BCUT2D eigenvalue weighted by Gasteiger charge is 2.25. The van der Waals surface area contributed by atoms with Crippen LogP contribution < -0.4 is 4.90 Å². The Balaban J connectivity index is 2.61. The third-order valence-corrected chi connectivity index (χ3v) is 5.82. The lowest BCUT2D eigenvalue weighted by Gasteiger charge is -2.23. The predicted molar refractivity (Wildman–Crippen MR) is 88.9 cm³/mol. The fraction of sp³-hybridized carbons (Fsp3) is 0.286. The Morgan fingerprint density at radius 1 is 1.18 bits per heavy atom. The van der Waals surface area contributed by atoms with Crippen LogP contribution in [-0.4, -0.2) is 30.7 Å². The molecule has 0 aliphatic heterocycles. The van der Waals surface area contributed by atoms with E-state index in [-0.39, 0.29) is 15.2 Å². The molecule has 5 nitrogen and oxygen atoms in total. The molecule has 8 heteroatoms. The molecule has 22 heavy (non-hydrogen) atoms. The molecule has 0 aliphatic rings. The lowest BCUT2D eigenvalue weighted by atomic mass is 10.3. The van der Waals surface area contributed by atoms with Crippen molar-refractivity contribution >= 4 is 44.5 Å². The molecule has 0 aliphatic carbocycles. The molecule has 1 aromatic carbocycles. The zero-order valence-corrected chi connectivity index (χ0v) is 14.6. The first-order valence-corrected chi connectivity index (χ1v) is 8.80. The van der Waals surface area contributed by atoms with Crippen LogP contribution in [0.3, 0.4) is 0 Å². The lowest BCUT2D eigenvalue weighted by Crippen LogP contribution is -2.20. The normalized spacial score (nSPS) is 11.7. The number of rotatable bonds is 4. The van der Waals surface area contributed by atoms with Crippen molar-refractivity contribution in [3.05, 3.63) is 40.8 Å². The summed E-state index contributed by atoms with van der Waals surface area (Å²) in [7, 11) is -1.76. The van der Waals surface area contributed by atoms with Crippen molar-refractivity contribution in [3.8, 4) is 0 Å². The second-order valence-electron chi connectivity index (χ2n) is 4.93. The van der Waals surface area contributed by atoms with Crippen molar-refractivity contribution in [1.82, 2.24) is 9.97 Å². The molecule has 0 bridgehead atoms. The van der Waals surface area contributed by atoms with E-state index >= 15 is 0 Å². The summed E-state index contributed by atoms with van der Waals surface area (Å²) < 4.78 is 25.0. The predicted octanol–water partition coefficient (Wildman–Crippen LogP) is 3.73. The minimum absolute atomic E-state index is 0.0375. The molecule has 0 atom stereocenters. The average molecular weight is 360 g/mol. The quantitative estimate of drug-likeness (QED) is 0.778. The van der Waals surface area contributed by atoms with Crippen LogP contribution in [0.5, 0.6) is 0 Å². The van der Waals surface area contributed by atoms with E-state index in [0.717, 1.165) is 0 Å². The Kier molecular flexibility index (Phi) is 4.94. The molecule has 0 saturated heterocycles. The van der Waals surface area contributed by atoms with Crippen LogP contribution in [0.4, 0.5) is 11.5 Å². The summed E-state index contributed by atoms with van der Waals surface area (Å²) in [5.41, 5.74) is 0.480. The number of sulfone groups is 1. The molecule has 0 saturated carbocycles. The minimum Gasteiger partial charge on any atom is -0.327 e. The second-order valence-corrected chi connectivity index (χ2v) is 8.15. The van der Waals surface area contributed by atoms with E-state index in [1.165, 1.54) is 6.20 Å². The molecule has 2 rings (SSSR count). The largest absolute Gasteiger partial charge is 0.327 e. The number of nitrogens with zero attached hydrogens (tertiary/aromatic N) is 3. The summed E-state index contributed by atoms with van der Waals surface area (Å²) in [6, 6.07) is 6.70. The van der Waals surface area contributed by atoms with Gasteiger partial charge < -0.3 is 4.90 Å². The molecule has 0 unspecified atom stereocenters. The van der Waals surface area contributed by atoms with Crippen molar-refractivity contribution in [2.75, 3.05) is 11.9 Å². The summed E-state index contributed by atoms with van der Waals surface area (Å²) in [6.07, 6.45) is 1.38. The minimum atomic E-state index is -3.44. The van der Waals surface area contributed by atoms with E-state index in [9.17, 15) is 8.42 Å². The Bertz CT molecular complexity index is 794. The highest BCUT2D eigenvalue weighted by molar-refractivity contribution is 7.92. The van der Waals surface area contributed by atoms with Crippen LogP contribution in [-0.2, 0) is 9.84 Å². The van der Waals surface area contributed by atoms with E-state index in [2.05, 4.69) is 9.97 Å². The monoisotopic (exact) mass is 359 g/mol. The second kappa shape index (κ2) is 6.40. The van der Waals surface area contributed by atoms with E-state index in [1.54, 1.807) is 50.1 Å². The Labute approximate surface area is 139 Å². The summed E-state index contributed by atoms with van der Waals surface area (Å²) in [5, 5.41) is -0.217. The van der Waals surface area contributed by atoms with Gasteiger partial charge in [0, 0.05) is 7.05 Å². The lowest BCUT2D eigenvalue weighted by molar-refractivity contribution is 0.587. The van der Waals surface area contributed by atoms with Gasteiger partial charge in [0.25, 0.3) is 0 Å². The van der Waals surface area contributed by atoms with Crippen molar-refractivity contribution < 1.29 is 8.42 Å². The summed E-state index contributed by atoms with van der Waals surface area (Å²) in [6.45, 7) is 3.28. The third-order valence-electron chi connectivity index (χ3n) is 3.17. The fourth-order valence-corrected chi connectivity index (χ4v) is 3.53. The van der Waals surface area contributed by atoms with Crippen LogP contribution in [0.2, 0.25) is 10.3 Å². The molecule has 0 N–H and O–H groups in total. The zero-order valence-electron chi connectivity index (χ0n) is 12.3. The molecule has 2 aromatic rings. The van der Waals surface area contributed by atoms with Gasteiger partial charge in [0.15, 0.2) is 15.7 Å². The number of halogens is 2. The first-order valence-electron chi connectivity index (χ1n) is 6.50. The van der Waals surface area contributed by atoms with Crippen molar-refractivity contribution in [1.29, 1.82) is 0 Å². The topological polar surface area (TPSA) is 63.2 Å². The van der Waals surface area contributed by atoms with E-state index in [4.69, 9.17) is 23.2 Å². The smallest absolute Gasteiger partial charge is 0.224 e. The van der Waals surface area contributed by atoms with E-state index < -0.39 is 15.1 Å². The molecule has 0 fully saturated rings. The van der Waals surface area contributed by atoms with Gasteiger partial charge in [0.05, 0.1) is 22.0 Å². The number of aromatic nitrogens is 2. The fourth-order valence-electron chi connectivity index (χ4n) is 1.92. The molecule has 0 amide bonds. The SMILES string of the molecule is CC(C)S(=O)(=O)c1ccccc1N(C)c1nc(Cl)ncc1Cl. The number of hydrogen-bond acceptors (Lipinski definition) is 5. The van der Waals surface area contributed by atoms with Crippen molar-refractivity contribution in [3.63, 3.8) is 0 Å². The van der Waals surface area contributed by atoms with Crippen LogP contribution in [0.25, 0.3) is 0 Å². The molecule has 0 spiro atoms. The van der Waals surface area contributed by atoms with Gasteiger partial charge in [-0.05, 0) is 37.6 Å². The molecule has 118 valence electrons. The highest BCUT2D eigenvalue weighted by Crippen LogP contribution is 2.34. The van der Waals surface area contributed by atoms with Gasteiger partial charge >= 0.3 is 0 Å². The average Bonchev–Trinajstić information content (AvgIpc) is 2.49. The first-order chi connectivity index (χ1) is 10.2. The summed E-state index contributed by atoms with van der Waals surface area (Å²) in [5.74, 6) is 0.341. The molecule has 0 radical (unpaired) electrons. The Morgan fingerprint density at radius 2 is 1.82 bits per heavy atom. The van der Waals surface area contributed by atoms with Gasteiger partial charge in [-0.25, -0.2) is 13.4 Å². The maximum atomic E-state index is 12.5. The third kappa shape index (κ3) is 3.19. The molecular weight excluding hydrogens is 345 g/mol.